The van der Waals surface area contributed by atoms with Crippen molar-refractivity contribution in [3.8, 4) is 44.5 Å². The number of thiophene rings is 1. The Morgan fingerprint density at radius 3 is 2.16 bits per heavy atom. The Labute approximate surface area is 381 Å². The minimum atomic E-state index is -3.76. The van der Waals surface area contributed by atoms with Gasteiger partial charge in [0.15, 0.2) is 0 Å². The summed E-state index contributed by atoms with van der Waals surface area (Å²) in [5.41, 5.74) is -11.2. The van der Waals surface area contributed by atoms with Crippen LogP contribution in [0.3, 0.4) is 0 Å². The number of rotatable bonds is 6. The third kappa shape index (κ3) is 5.51. The van der Waals surface area contributed by atoms with Crippen molar-refractivity contribution in [3.63, 3.8) is 0 Å². The van der Waals surface area contributed by atoms with Crippen LogP contribution in [0, 0.1) is 0 Å². The van der Waals surface area contributed by atoms with E-state index in [4.69, 9.17) is 26.0 Å². The maximum absolute atomic E-state index is 10.1. The molecule has 1 aromatic heterocycles. The molecule has 1 heterocycles. The summed E-state index contributed by atoms with van der Waals surface area (Å²) in [6.45, 7) is -7.51. The van der Waals surface area contributed by atoms with E-state index in [0.717, 1.165) is 59.9 Å². The first-order chi connectivity index (χ1) is 40.9. The zero-order chi connectivity index (χ0) is 64.8. The average molecular weight is 777 g/mol. The molecule has 0 bridgehead atoms. The molecule has 1 aliphatic rings. The highest BCUT2D eigenvalue weighted by Crippen LogP contribution is 2.51. The van der Waals surface area contributed by atoms with Crippen molar-refractivity contribution in [2.75, 3.05) is 4.90 Å². The van der Waals surface area contributed by atoms with Crippen molar-refractivity contribution in [3.05, 3.63) is 211 Å². The van der Waals surface area contributed by atoms with Gasteiger partial charge in [0, 0.05) is 50.9 Å². The van der Waals surface area contributed by atoms with Crippen molar-refractivity contribution >= 4 is 59.3 Å². The van der Waals surface area contributed by atoms with Crippen LogP contribution in [0.25, 0.3) is 75.5 Å². The van der Waals surface area contributed by atoms with E-state index >= 15 is 0 Å². The van der Waals surface area contributed by atoms with Gasteiger partial charge in [0.05, 0.1) is 34.3 Å². The highest BCUT2D eigenvalue weighted by molar-refractivity contribution is 7.25. The van der Waals surface area contributed by atoms with Gasteiger partial charge in [-0.3, -0.25) is 0 Å². The van der Waals surface area contributed by atoms with Crippen LogP contribution in [0.4, 0.5) is 17.1 Å². The molecule has 0 atom stereocenters. The molecule has 57 heavy (non-hydrogen) atoms. The fourth-order valence-corrected chi connectivity index (χ4v) is 7.96. The van der Waals surface area contributed by atoms with Gasteiger partial charge < -0.3 is 4.90 Å². The first kappa shape index (κ1) is 14.6. The summed E-state index contributed by atoms with van der Waals surface area (Å²) >= 11 is 0.738. The zero-order valence-corrected chi connectivity index (χ0v) is 29.8. The van der Waals surface area contributed by atoms with E-state index in [2.05, 4.69) is 0 Å². The lowest BCUT2D eigenvalue weighted by Gasteiger charge is -2.28. The molecule has 10 aromatic rings. The van der Waals surface area contributed by atoms with Crippen LogP contribution in [0.5, 0.6) is 0 Å². The van der Waals surface area contributed by atoms with Crippen LogP contribution in [0.2, 0.25) is 0 Å². The lowest BCUT2D eigenvalue weighted by Crippen LogP contribution is -2.16. The van der Waals surface area contributed by atoms with Gasteiger partial charge in [0.1, 0.15) is 0 Å². The summed E-state index contributed by atoms with van der Waals surface area (Å²) in [6.07, 6.45) is 0. The quantitative estimate of drug-likeness (QED) is 0.163. The molecule has 0 N–H and O–H groups in total. The third-order valence-corrected chi connectivity index (χ3v) is 10.6. The van der Waals surface area contributed by atoms with E-state index in [1.165, 1.54) is 0 Å². The lowest BCUT2D eigenvalue weighted by atomic mass is 9.82. The Bertz CT molecular complexity index is 4810. The van der Waals surface area contributed by atoms with E-state index < -0.39 is 231 Å². The van der Waals surface area contributed by atoms with E-state index in [1.54, 1.807) is 0 Å². The molecule has 2 heteroatoms. The topological polar surface area (TPSA) is 3.24 Å². The maximum Gasteiger partial charge on any atom is 0.0648 e. The van der Waals surface area contributed by atoms with Gasteiger partial charge in [-0.25, -0.2) is 0 Å². The normalized spacial score (nSPS) is 21.0. The smallest absolute Gasteiger partial charge is 0.0648 e. The fourth-order valence-electron chi connectivity index (χ4n) is 6.98. The van der Waals surface area contributed by atoms with Crippen molar-refractivity contribution in [1.82, 2.24) is 0 Å². The molecule has 0 aliphatic heterocycles. The van der Waals surface area contributed by atoms with E-state index in [-0.39, 0.29) is 42.4 Å². The lowest BCUT2D eigenvalue weighted by molar-refractivity contribution is 0.660. The minimum absolute atomic E-state index is 0.0194. The van der Waals surface area contributed by atoms with Crippen molar-refractivity contribution < 1.29 is 42.5 Å². The van der Waals surface area contributed by atoms with Gasteiger partial charge in [-0.05, 0) is 115 Å². The van der Waals surface area contributed by atoms with Gasteiger partial charge in [-0.2, -0.15) is 0 Å². The summed E-state index contributed by atoms with van der Waals surface area (Å²) in [5.74, 6) is 0. The first-order valence-corrected chi connectivity index (χ1v) is 18.0. The summed E-state index contributed by atoms with van der Waals surface area (Å²) in [4.78, 5) is 0.604. The molecule has 9 aromatic carbocycles. The van der Waals surface area contributed by atoms with Crippen LogP contribution in [0.1, 0.15) is 67.3 Å². The summed E-state index contributed by atoms with van der Waals surface area (Å²) in [7, 11) is 0. The molecule has 0 spiro atoms. The minimum Gasteiger partial charge on any atom is -0.310 e. The van der Waals surface area contributed by atoms with E-state index in [9.17, 15) is 16.4 Å². The van der Waals surface area contributed by atoms with Crippen molar-refractivity contribution in [2.24, 2.45) is 0 Å². The molecule has 0 radical (unpaired) electrons. The van der Waals surface area contributed by atoms with Crippen LogP contribution < -0.4 is 4.90 Å². The number of fused-ring (bicyclic) bond motifs is 7. The molecule has 11 rings (SSSR count). The van der Waals surface area contributed by atoms with Crippen LogP contribution in [0.15, 0.2) is 200 Å². The van der Waals surface area contributed by atoms with Crippen LogP contribution in [-0.4, -0.2) is 0 Å². The molecule has 0 unspecified atom stereocenters. The van der Waals surface area contributed by atoms with Gasteiger partial charge in [-0.15, -0.1) is 11.3 Å². The Balaban J connectivity index is 1.28. The number of nitrogens with zero attached hydrogens (tertiary/aromatic N) is 1. The molecule has 0 amide bonds. The number of hydrogen-bond donors (Lipinski definition) is 0. The standard InChI is InChI=1S/C55H39NS/c1-55(2)50-18-10-8-16-46(50)47-33-30-43(35-51(47)55)56(41-26-20-37(21-27-41)36-12-4-3-5-13-36)42-28-22-39(23-29-42)45-31-24-38-14-6-7-15-44(38)54(45)40-25-32-49-48-17-9-11-19-52(48)57-53(49)34-40/h3-35H,1-2H3/i1D3,2D3,4D,5D,6D,7D,8D,9D,11D,12D,13D,14D,15D,17D,18D,19D,20D,22D,24D,26D,27D,28D,30D,32D,33D,34D,35D. The maximum atomic E-state index is 10.1. The van der Waals surface area contributed by atoms with Crippen molar-refractivity contribution in [1.29, 1.82) is 0 Å². The Hall–Kier alpha value is -6.74. The second-order valence-corrected chi connectivity index (χ2v) is 13.9. The zero-order valence-electron chi connectivity index (χ0n) is 60.0. The largest absolute Gasteiger partial charge is 0.310 e. The number of anilines is 3. The summed E-state index contributed by atoms with van der Waals surface area (Å²) in [6, 6.07) is -10.8. The van der Waals surface area contributed by atoms with E-state index in [1.807, 2.05) is 0 Å². The Kier molecular flexibility index (Phi) is 3.39. The highest BCUT2D eigenvalue weighted by atomic mass is 32.1. The monoisotopic (exact) mass is 776 g/mol. The second kappa shape index (κ2) is 13.2. The average Bonchev–Trinajstić information content (AvgIpc) is 1.47. The van der Waals surface area contributed by atoms with E-state index in [0.29, 0.717) is 4.90 Å². The molecule has 270 valence electrons. The molecule has 1 aliphatic carbocycles. The SMILES string of the molecule is [2H]c1cc([2H])c2c(c1)-c1c([2H])c([2H])c(N(c3ccc(-c4cc([2H])c5c([2H])c([2H])c([2H])c([2H])c5c4-c4cc([2H])c5c(sc6c([2H])c([2H])c([2H])c([2H])c65)c4[2H])c([2H])c3[2H])c3c([2H])cc(-c4c([2H])c([2H])cc([2H])c4[2H])c([2H])c3[2H])c([2H])c1C2(C([2H])([2H])[2H])C([2H])([2H])[2H]. The van der Waals surface area contributed by atoms with Crippen LogP contribution in [-0.2, 0) is 5.41 Å². The molecular formula is C55H39NS. The highest BCUT2D eigenvalue weighted by Gasteiger charge is 2.35. The van der Waals surface area contributed by atoms with Crippen molar-refractivity contribution in [2.45, 2.75) is 19.1 Å². The molecule has 1 nitrogen and oxygen atoms in total. The fraction of sp³-hybridized carbons (Fsp3) is 0.0545. The van der Waals surface area contributed by atoms with Crippen LogP contribution >= 0.6 is 11.3 Å². The van der Waals surface area contributed by atoms with Gasteiger partial charge in [-0.1, -0.05) is 165 Å². The summed E-state index contributed by atoms with van der Waals surface area (Å²) in [5, 5.41) is -0.949. The first-order valence-electron chi connectivity index (χ1n) is 32.7. The predicted octanol–water partition coefficient (Wildman–Crippen LogP) is 16.0. The molecule has 0 saturated heterocycles. The van der Waals surface area contributed by atoms with Gasteiger partial charge >= 0.3 is 0 Å². The van der Waals surface area contributed by atoms with Gasteiger partial charge in [0.25, 0.3) is 0 Å². The predicted molar refractivity (Wildman–Crippen MR) is 245 cm³/mol. The number of hydrogen-bond acceptors (Lipinski definition) is 2. The second-order valence-electron chi connectivity index (χ2n) is 12.9. The third-order valence-electron chi connectivity index (χ3n) is 9.58. The molecule has 0 saturated carbocycles. The summed E-state index contributed by atoms with van der Waals surface area (Å²) < 4.78 is 281. The Morgan fingerprint density at radius 2 is 1.25 bits per heavy atom. The molecular weight excluding hydrogens is 707 g/mol. The molecule has 0 fully saturated rings. The Morgan fingerprint density at radius 1 is 0.456 bits per heavy atom. The number of benzene rings is 9. The van der Waals surface area contributed by atoms with Gasteiger partial charge in [0.2, 0.25) is 0 Å².